The smallest absolute Gasteiger partial charge is 0.319 e. The number of amides is 2. The second kappa shape index (κ2) is 8.34. The highest BCUT2D eigenvalue weighted by Crippen LogP contribution is 2.12. The number of rotatable bonds is 6. The van der Waals surface area contributed by atoms with Gasteiger partial charge >= 0.3 is 6.03 Å². The van der Waals surface area contributed by atoms with Crippen LogP contribution in [0.15, 0.2) is 54.6 Å². The van der Waals surface area contributed by atoms with E-state index in [4.69, 9.17) is 0 Å². The van der Waals surface area contributed by atoms with E-state index in [1.54, 1.807) is 0 Å². The highest BCUT2D eigenvalue weighted by atomic mass is 16.2. The van der Waals surface area contributed by atoms with Crippen molar-refractivity contribution in [2.45, 2.75) is 13.5 Å². The molecule has 2 aromatic rings. The lowest BCUT2D eigenvalue weighted by Crippen LogP contribution is -2.39. The van der Waals surface area contributed by atoms with Crippen LogP contribution < -0.4 is 5.32 Å². The average molecular weight is 311 g/mol. The maximum Gasteiger partial charge on any atom is 0.322 e. The molecule has 0 heterocycles. The number of nitrogens with one attached hydrogen (secondary N) is 1. The van der Waals surface area contributed by atoms with Crippen LogP contribution >= 0.6 is 0 Å². The summed E-state index contributed by atoms with van der Waals surface area (Å²) in [7, 11) is 4.03. The third-order valence-electron chi connectivity index (χ3n) is 3.59. The quantitative estimate of drug-likeness (QED) is 0.885. The van der Waals surface area contributed by atoms with E-state index in [0.717, 1.165) is 23.4 Å². The Morgan fingerprint density at radius 2 is 1.74 bits per heavy atom. The first-order chi connectivity index (χ1) is 11.0. The van der Waals surface area contributed by atoms with Gasteiger partial charge < -0.3 is 15.1 Å². The molecule has 0 atom stereocenters. The summed E-state index contributed by atoms with van der Waals surface area (Å²) in [5.41, 5.74) is 3.09. The van der Waals surface area contributed by atoms with Crippen LogP contribution in [0, 0.1) is 6.92 Å². The van der Waals surface area contributed by atoms with Crippen LogP contribution in [0.5, 0.6) is 0 Å². The van der Waals surface area contributed by atoms with Crippen molar-refractivity contribution in [1.82, 2.24) is 9.80 Å². The molecular formula is C19H25N3O. The summed E-state index contributed by atoms with van der Waals surface area (Å²) in [5.74, 6) is 0. The number of benzene rings is 2. The molecule has 23 heavy (non-hydrogen) atoms. The van der Waals surface area contributed by atoms with Crippen LogP contribution in [-0.4, -0.2) is 43.0 Å². The topological polar surface area (TPSA) is 35.6 Å². The summed E-state index contributed by atoms with van der Waals surface area (Å²) < 4.78 is 0. The van der Waals surface area contributed by atoms with Crippen LogP contribution in [-0.2, 0) is 6.54 Å². The van der Waals surface area contributed by atoms with Gasteiger partial charge in [-0.15, -0.1) is 0 Å². The average Bonchev–Trinajstić information content (AvgIpc) is 2.52. The van der Waals surface area contributed by atoms with Gasteiger partial charge in [0, 0.05) is 25.3 Å². The molecule has 0 spiro atoms. The Kier molecular flexibility index (Phi) is 6.18. The molecule has 0 aliphatic heterocycles. The molecule has 0 bridgehead atoms. The Bertz CT molecular complexity index is 626. The van der Waals surface area contributed by atoms with Gasteiger partial charge in [-0.25, -0.2) is 4.79 Å². The van der Waals surface area contributed by atoms with Crippen molar-refractivity contribution in [1.29, 1.82) is 0 Å². The minimum atomic E-state index is -0.0682. The largest absolute Gasteiger partial charge is 0.322 e. The minimum Gasteiger partial charge on any atom is -0.319 e. The maximum absolute atomic E-state index is 12.6. The Labute approximate surface area is 138 Å². The van der Waals surface area contributed by atoms with E-state index in [9.17, 15) is 4.79 Å². The maximum atomic E-state index is 12.6. The molecule has 0 aromatic heterocycles. The Morgan fingerprint density at radius 3 is 2.39 bits per heavy atom. The second-order valence-electron chi connectivity index (χ2n) is 6.01. The monoisotopic (exact) mass is 311 g/mol. The number of anilines is 1. The number of carbonyl (C=O) groups excluding carboxylic acids is 1. The molecule has 2 amide bonds. The third-order valence-corrected chi connectivity index (χ3v) is 3.59. The van der Waals surface area contributed by atoms with Gasteiger partial charge in [0.1, 0.15) is 0 Å². The standard InChI is InChI=1S/C19H25N3O/c1-16-8-7-11-18(14-16)20-19(23)22(13-12-21(2)3)15-17-9-5-4-6-10-17/h4-11,14H,12-13,15H2,1-3H3,(H,20,23). The van der Waals surface area contributed by atoms with Crippen molar-refractivity contribution in [3.05, 3.63) is 65.7 Å². The van der Waals surface area contributed by atoms with Gasteiger partial charge in [-0.2, -0.15) is 0 Å². The first kappa shape index (κ1) is 17.0. The molecule has 0 radical (unpaired) electrons. The molecule has 2 aromatic carbocycles. The van der Waals surface area contributed by atoms with E-state index in [2.05, 4.69) is 10.2 Å². The molecule has 122 valence electrons. The fourth-order valence-corrected chi connectivity index (χ4v) is 2.30. The van der Waals surface area contributed by atoms with Crippen molar-refractivity contribution in [3.8, 4) is 0 Å². The van der Waals surface area contributed by atoms with E-state index >= 15 is 0 Å². The van der Waals surface area contributed by atoms with Gasteiger partial charge in [0.15, 0.2) is 0 Å². The number of urea groups is 1. The van der Waals surface area contributed by atoms with Crippen LogP contribution in [0.4, 0.5) is 10.5 Å². The van der Waals surface area contributed by atoms with E-state index in [1.165, 1.54) is 0 Å². The molecule has 0 fully saturated rings. The molecule has 1 N–H and O–H groups in total. The molecule has 0 aliphatic rings. The van der Waals surface area contributed by atoms with Crippen molar-refractivity contribution in [2.75, 3.05) is 32.5 Å². The van der Waals surface area contributed by atoms with Gasteiger partial charge in [0.2, 0.25) is 0 Å². The van der Waals surface area contributed by atoms with Gasteiger partial charge in [-0.05, 0) is 44.3 Å². The van der Waals surface area contributed by atoms with Crippen LogP contribution in [0.25, 0.3) is 0 Å². The van der Waals surface area contributed by atoms with Crippen molar-refractivity contribution in [2.24, 2.45) is 0 Å². The molecular weight excluding hydrogens is 286 g/mol. The Morgan fingerprint density at radius 1 is 1.00 bits per heavy atom. The number of carbonyl (C=O) groups is 1. The second-order valence-corrected chi connectivity index (χ2v) is 6.01. The zero-order valence-electron chi connectivity index (χ0n) is 14.1. The number of hydrogen-bond acceptors (Lipinski definition) is 2. The van der Waals surface area contributed by atoms with E-state index in [0.29, 0.717) is 13.1 Å². The number of aryl methyl sites for hydroxylation is 1. The van der Waals surface area contributed by atoms with Crippen LogP contribution in [0.1, 0.15) is 11.1 Å². The fourth-order valence-electron chi connectivity index (χ4n) is 2.30. The fraction of sp³-hybridized carbons (Fsp3) is 0.316. The van der Waals surface area contributed by atoms with Gasteiger partial charge in [-0.3, -0.25) is 0 Å². The molecule has 0 aliphatic carbocycles. The van der Waals surface area contributed by atoms with Gasteiger partial charge in [-0.1, -0.05) is 42.5 Å². The summed E-state index contributed by atoms with van der Waals surface area (Å²) >= 11 is 0. The van der Waals surface area contributed by atoms with Crippen molar-refractivity contribution in [3.63, 3.8) is 0 Å². The first-order valence-electron chi connectivity index (χ1n) is 7.86. The summed E-state index contributed by atoms with van der Waals surface area (Å²) in [6, 6.07) is 17.9. The molecule has 4 nitrogen and oxygen atoms in total. The highest BCUT2D eigenvalue weighted by Gasteiger charge is 2.14. The number of likely N-dealkylation sites (N-methyl/N-ethyl adjacent to an activating group) is 1. The summed E-state index contributed by atoms with van der Waals surface area (Å²) in [4.78, 5) is 16.6. The summed E-state index contributed by atoms with van der Waals surface area (Å²) in [6.07, 6.45) is 0. The number of hydrogen-bond donors (Lipinski definition) is 1. The lowest BCUT2D eigenvalue weighted by molar-refractivity contribution is 0.202. The van der Waals surface area contributed by atoms with E-state index in [-0.39, 0.29) is 6.03 Å². The molecule has 4 heteroatoms. The first-order valence-corrected chi connectivity index (χ1v) is 7.86. The normalized spacial score (nSPS) is 10.6. The van der Waals surface area contributed by atoms with Crippen LogP contribution in [0.2, 0.25) is 0 Å². The molecule has 2 rings (SSSR count). The predicted molar refractivity (Wildman–Crippen MR) is 95.6 cm³/mol. The zero-order chi connectivity index (χ0) is 16.7. The molecule has 0 saturated carbocycles. The van der Waals surface area contributed by atoms with Gasteiger partial charge in [0.05, 0.1) is 0 Å². The van der Waals surface area contributed by atoms with Gasteiger partial charge in [0.25, 0.3) is 0 Å². The van der Waals surface area contributed by atoms with E-state index < -0.39 is 0 Å². The van der Waals surface area contributed by atoms with Crippen molar-refractivity contribution < 1.29 is 4.79 Å². The Hall–Kier alpha value is -2.33. The highest BCUT2D eigenvalue weighted by molar-refractivity contribution is 5.89. The third kappa shape index (κ3) is 5.75. The summed E-state index contributed by atoms with van der Waals surface area (Å²) in [6.45, 7) is 4.13. The van der Waals surface area contributed by atoms with E-state index in [1.807, 2.05) is 80.5 Å². The minimum absolute atomic E-state index is 0.0682. The lowest BCUT2D eigenvalue weighted by Gasteiger charge is -2.25. The zero-order valence-corrected chi connectivity index (χ0v) is 14.1. The number of nitrogens with zero attached hydrogens (tertiary/aromatic N) is 2. The van der Waals surface area contributed by atoms with Crippen molar-refractivity contribution >= 4 is 11.7 Å². The SMILES string of the molecule is Cc1cccc(NC(=O)N(CCN(C)C)Cc2ccccc2)c1. The molecule has 0 unspecified atom stereocenters. The summed E-state index contributed by atoms with van der Waals surface area (Å²) in [5, 5.41) is 3.00. The predicted octanol–water partition coefficient (Wildman–Crippen LogP) is 3.59. The Balaban J connectivity index is 2.07. The lowest BCUT2D eigenvalue weighted by atomic mass is 10.2. The molecule has 0 saturated heterocycles. The van der Waals surface area contributed by atoms with Crippen LogP contribution in [0.3, 0.4) is 0 Å².